The van der Waals surface area contributed by atoms with Gasteiger partial charge < -0.3 is 14.6 Å². The maximum absolute atomic E-state index is 5.54. The summed E-state index contributed by atoms with van der Waals surface area (Å²) in [6.07, 6.45) is 7.18. The first kappa shape index (κ1) is 15.2. The van der Waals surface area contributed by atoms with Gasteiger partial charge in [0.25, 0.3) is 0 Å². The highest BCUT2D eigenvalue weighted by atomic mass is 16.5. The van der Waals surface area contributed by atoms with Gasteiger partial charge in [0, 0.05) is 38.0 Å². The molecule has 4 heteroatoms. The van der Waals surface area contributed by atoms with Gasteiger partial charge in [0.1, 0.15) is 5.82 Å². The molecule has 0 aliphatic heterocycles. The molecule has 0 aliphatic carbocycles. The topological polar surface area (TPSA) is 39.1 Å². The highest BCUT2D eigenvalue weighted by Crippen LogP contribution is 2.04. The zero-order chi connectivity index (χ0) is 13.2. The summed E-state index contributed by atoms with van der Waals surface area (Å²) in [4.78, 5) is 4.46. The van der Waals surface area contributed by atoms with Gasteiger partial charge in [-0.1, -0.05) is 13.8 Å². The Morgan fingerprint density at radius 1 is 1.33 bits per heavy atom. The molecular weight excluding hydrogens is 226 g/mol. The molecule has 1 heterocycles. The lowest BCUT2D eigenvalue weighted by molar-refractivity contribution is 0.122. The molecule has 1 rings (SSSR count). The predicted molar refractivity (Wildman–Crippen MR) is 74.8 cm³/mol. The van der Waals surface area contributed by atoms with Crippen LogP contribution in [0.1, 0.15) is 39.4 Å². The van der Waals surface area contributed by atoms with Crippen LogP contribution in [0.25, 0.3) is 0 Å². The van der Waals surface area contributed by atoms with E-state index in [1.165, 1.54) is 0 Å². The molecule has 0 bridgehead atoms. The van der Waals surface area contributed by atoms with Gasteiger partial charge in [-0.15, -0.1) is 0 Å². The smallest absolute Gasteiger partial charge is 0.110 e. The standard InChI is InChI=1S/C14H27N3O/c1-4-7-15-13(12-18-6-3)11-14-16-8-10-17(14)9-5-2/h8,10,13,15H,4-7,9,11-12H2,1-3H3. The molecule has 1 N–H and O–H groups in total. The first-order valence-corrected chi connectivity index (χ1v) is 7.12. The minimum Gasteiger partial charge on any atom is -0.380 e. The van der Waals surface area contributed by atoms with Gasteiger partial charge >= 0.3 is 0 Å². The van der Waals surface area contributed by atoms with Crippen LogP contribution >= 0.6 is 0 Å². The van der Waals surface area contributed by atoms with Crippen LogP contribution < -0.4 is 5.32 Å². The highest BCUT2D eigenvalue weighted by Gasteiger charge is 2.12. The minimum atomic E-state index is 0.364. The number of nitrogens with one attached hydrogen (secondary N) is 1. The van der Waals surface area contributed by atoms with E-state index in [0.717, 1.165) is 51.4 Å². The zero-order valence-corrected chi connectivity index (χ0v) is 12.0. The third-order valence-corrected chi connectivity index (χ3v) is 2.90. The molecular formula is C14H27N3O. The van der Waals surface area contributed by atoms with Crippen LogP contribution in [0.4, 0.5) is 0 Å². The Balaban J connectivity index is 2.53. The summed E-state index contributed by atoms with van der Waals surface area (Å²) in [5, 5.41) is 3.53. The second-order valence-electron chi connectivity index (χ2n) is 4.55. The Morgan fingerprint density at radius 2 is 2.17 bits per heavy atom. The normalized spacial score (nSPS) is 12.8. The Bertz CT molecular complexity index is 304. The summed E-state index contributed by atoms with van der Waals surface area (Å²) < 4.78 is 7.78. The van der Waals surface area contributed by atoms with Crippen molar-refractivity contribution in [3.63, 3.8) is 0 Å². The summed E-state index contributed by atoms with van der Waals surface area (Å²) in [5.74, 6) is 1.16. The molecule has 0 saturated heterocycles. The van der Waals surface area contributed by atoms with Gasteiger partial charge in [-0.05, 0) is 26.3 Å². The van der Waals surface area contributed by atoms with Crippen LogP contribution in [0.15, 0.2) is 12.4 Å². The third-order valence-electron chi connectivity index (χ3n) is 2.90. The van der Waals surface area contributed by atoms with Gasteiger partial charge in [0.05, 0.1) is 6.61 Å². The Kier molecular flexibility index (Phi) is 7.69. The molecule has 1 aromatic heterocycles. The fraction of sp³-hybridized carbons (Fsp3) is 0.786. The maximum atomic E-state index is 5.54. The van der Waals surface area contributed by atoms with E-state index in [4.69, 9.17) is 4.74 Å². The molecule has 1 unspecified atom stereocenters. The van der Waals surface area contributed by atoms with Crippen LogP contribution in [0.3, 0.4) is 0 Å². The van der Waals surface area contributed by atoms with Crippen molar-refractivity contribution in [3.8, 4) is 0 Å². The molecule has 0 fully saturated rings. The van der Waals surface area contributed by atoms with E-state index in [2.05, 4.69) is 34.9 Å². The fourth-order valence-corrected chi connectivity index (χ4v) is 1.99. The summed E-state index contributed by atoms with van der Waals surface area (Å²) in [5.41, 5.74) is 0. The predicted octanol–water partition coefficient (Wildman–Crippen LogP) is 2.24. The molecule has 0 saturated carbocycles. The Morgan fingerprint density at radius 3 is 2.83 bits per heavy atom. The molecule has 18 heavy (non-hydrogen) atoms. The van der Waals surface area contributed by atoms with Crippen LogP contribution in [0.5, 0.6) is 0 Å². The number of aromatic nitrogens is 2. The Labute approximate surface area is 111 Å². The maximum Gasteiger partial charge on any atom is 0.110 e. The number of nitrogens with zero attached hydrogens (tertiary/aromatic N) is 2. The molecule has 0 aliphatic rings. The lowest BCUT2D eigenvalue weighted by Crippen LogP contribution is -2.36. The average molecular weight is 253 g/mol. The number of hydrogen-bond acceptors (Lipinski definition) is 3. The van der Waals surface area contributed by atoms with Crippen LogP contribution in [-0.4, -0.2) is 35.4 Å². The summed E-state index contributed by atoms with van der Waals surface area (Å²) >= 11 is 0. The van der Waals surface area contributed by atoms with Crippen LogP contribution in [0.2, 0.25) is 0 Å². The average Bonchev–Trinajstić information content (AvgIpc) is 2.80. The SMILES string of the molecule is CCCNC(COCC)Cc1nccn1CCC. The van der Waals surface area contributed by atoms with Crippen molar-refractivity contribution in [2.75, 3.05) is 19.8 Å². The van der Waals surface area contributed by atoms with E-state index < -0.39 is 0 Å². The quantitative estimate of drug-likeness (QED) is 0.695. The van der Waals surface area contributed by atoms with Crippen molar-refractivity contribution in [2.24, 2.45) is 0 Å². The van der Waals surface area contributed by atoms with E-state index >= 15 is 0 Å². The molecule has 0 spiro atoms. The van der Waals surface area contributed by atoms with E-state index in [1.54, 1.807) is 0 Å². The zero-order valence-electron chi connectivity index (χ0n) is 12.0. The van der Waals surface area contributed by atoms with Crippen LogP contribution in [0, 0.1) is 0 Å². The third kappa shape index (κ3) is 5.19. The molecule has 1 aromatic rings. The van der Waals surface area contributed by atoms with Crippen molar-refractivity contribution in [1.82, 2.24) is 14.9 Å². The number of rotatable bonds is 10. The lowest BCUT2D eigenvalue weighted by atomic mass is 10.2. The number of imidazole rings is 1. The fourth-order valence-electron chi connectivity index (χ4n) is 1.99. The molecule has 0 radical (unpaired) electrons. The van der Waals surface area contributed by atoms with E-state index in [-0.39, 0.29) is 0 Å². The van der Waals surface area contributed by atoms with Crippen molar-refractivity contribution >= 4 is 0 Å². The summed E-state index contributed by atoms with van der Waals surface area (Å²) in [6, 6.07) is 0.364. The number of aryl methyl sites for hydroxylation is 1. The molecule has 4 nitrogen and oxygen atoms in total. The first-order valence-electron chi connectivity index (χ1n) is 7.12. The first-order chi connectivity index (χ1) is 8.81. The van der Waals surface area contributed by atoms with Crippen LogP contribution in [-0.2, 0) is 17.7 Å². The van der Waals surface area contributed by atoms with Gasteiger partial charge in [-0.25, -0.2) is 4.98 Å². The molecule has 0 aromatic carbocycles. The molecule has 104 valence electrons. The second kappa shape index (κ2) is 9.11. The van der Waals surface area contributed by atoms with Crippen molar-refractivity contribution < 1.29 is 4.74 Å². The van der Waals surface area contributed by atoms with Gasteiger partial charge in [0.15, 0.2) is 0 Å². The molecule has 1 atom stereocenters. The number of hydrogen-bond donors (Lipinski definition) is 1. The van der Waals surface area contributed by atoms with Gasteiger partial charge in [-0.2, -0.15) is 0 Å². The van der Waals surface area contributed by atoms with E-state index in [9.17, 15) is 0 Å². The van der Waals surface area contributed by atoms with Crippen molar-refractivity contribution in [3.05, 3.63) is 18.2 Å². The summed E-state index contributed by atoms with van der Waals surface area (Å²) in [6.45, 7) is 10.0. The Hall–Kier alpha value is -0.870. The lowest BCUT2D eigenvalue weighted by Gasteiger charge is -2.18. The summed E-state index contributed by atoms with van der Waals surface area (Å²) in [7, 11) is 0. The second-order valence-corrected chi connectivity index (χ2v) is 4.55. The largest absolute Gasteiger partial charge is 0.380 e. The minimum absolute atomic E-state index is 0.364. The van der Waals surface area contributed by atoms with E-state index in [0.29, 0.717) is 6.04 Å². The van der Waals surface area contributed by atoms with Crippen molar-refractivity contribution in [2.45, 2.75) is 52.6 Å². The highest BCUT2D eigenvalue weighted by molar-refractivity contribution is 4.95. The van der Waals surface area contributed by atoms with E-state index in [1.807, 2.05) is 13.1 Å². The van der Waals surface area contributed by atoms with Gasteiger partial charge in [0.2, 0.25) is 0 Å². The monoisotopic (exact) mass is 253 g/mol. The van der Waals surface area contributed by atoms with Crippen molar-refractivity contribution in [1.29, 1.82) is 0 Å². The number of ether oxygens (including phenoxy) is 1. The van der Waals surface area contributed by atoms with Gasteiger partial charge in [-0.3, -0.25) is 0 Å². The molecule has 0 amide bonds.